The predicted molar refractivity (Wildman–Crippen MR) is 94.2 cm³/mol. The second-order valence-electron chi connectivity index (χ2n) is 7.25. The lowest BCUT2D eigenvalue weighted by molar-refractivity contribution is -0.112. The van der Waals surface area contributed by atoms with Gasteiger partial charge in [-0.05, 0) is 11.1 Å². The van der Waals surface area contributed by atoms with Crippen molar-refractivity contribution in [1.82, 2.24) is 0 Å². The van der Waals surface area contributed by atoms with Crippen molar-refractivity contribution in [2.24, 2.45) is 0 Å². The van der Waals surface area contributed by atoms with E-state index < -0.39 is 8.07 Å². The van der Waals surface area contributed by atoms with E-state index in [0.29, 0.717) is 6.54 Å². The first-order chi connectivity index (χ1) is 9.69. The van der Waals surface area contributed by atoms with Crippen LogP contribution in [0.25, 0.3) is 5.57 Å². The second-order valence-corrected chi connectivity index (χ2v) is 12.5. The van der Waals surface area contributed by atoms with Crippen molar-refractivity contribution in [2.45, 2.75) is 38.9 Å². The minimum absolute atomic E-state index is 0.112. The topological polar surface area (TPSA) is 20.3 Å². The molecule has 0 saturated carbocycles. The fraction of sp³-hybridized carbons (Fsp3) is 0.389. The highest BCUT2D eigenvalue weighted by atomic mass is 28.3. The number of rotatable bonds is 3. The number of carbonyl (C=O) groups excluding carboxylic acids is 1. The number of hydrogen-bond donors (Lipinski definition) is 0. The summed E-state index contributed by atoms with van der Waals surface area (Å²) in [5, 5.41) is 0.223. The maximum atomic E-state index is 12.8. The zero-order valence-corrected chi connectivity index (χ0v) is 14.7. The highest BCUT2D eigenvalue weighted by molar-refractivity contribution is 6.86. The molecule has 2 nitrogen and oxygen atoms in total. The van der Waals surface area contributed by atoms with Crippen LogP contribution in [0, 0.1) is 0 Å². The van der Waals surface area contributed by atoms with E-state index in [9.17, 15) is 4.79 Å². The van der Waals surface area contributed by atoms with Gasteiger partial charge in [-0.3, -0.25) is 4.79 Å². The summed E-state index contributed by atoms with van der Waals surface area (Å²) in [5.74, 6) is 0.112. The third-order valence-electron chi connectivity index (χ3n) is 4.71. The van der Waals surface area contributed by atoms with Crippen molar-refractivity contribution < 1.29 is 4.79 Å². The molecule has 0 aromatic heterocycles. The molecule has 0 spiro atoms. The summed E-state index contributed by atoms with van der Waals surface area (Å²) in [6.45, 7) is 15.8. The molecular formula is C18H25NOSi. The van der Waals surface area contributed by atoms with Gasteiger partial charge in [0.1, 0.15) is 0 Å². The van der Waals surface area contributed by atoms with Gasteiger partial charge in [-0.2, -0.15) is 0 Å². The first kappa shape index (κ1) is 15.8. The Labute approximate surface area is 129 Å². The van der Waals surface area contributed by atoms with E-state index >= 15 is 0 Å². The average molecular weight is 299 g/mol. The Morgan fingerprint density at radius 1 is 1.24 bits per heavy atom. The van der Waals surface area contributed by atoms with Gasteiger partial charge >= 0.3 is 0 Å². The molecule has 0 N–H and O–H groups in total. The van der Waals surface area contributed by atoms with E-state index in [-0.39, 0.29) is 10.9 Å². The van der Waals surface area contributed by atoms with Crippen LogP contribution in [0.15, 0.2) is 42.6 Å². The molecule has 1 amide bonds. The molecule has 3 heteroatoms. The van der Waals surface area contributed by atoms with Crippen LogP contribution in [0.1, 0.15) is 26.3 Å². The molecule has 1 heterocycles. The summed E-state index contributed by atoms with van der Waals surface area (Å²) in [4.78, 5) is 14.6. The normalized spacial score (nSPS) is 17.3. The quantitative estimate of drug-likeness (QED) is 0.452. The number of hydrogen-bond acceptors (Lipinski definition) is 1. The molecule has 0 aliphatic carbocycles. The lowest BCUT2D eigenvalue weighted by Crippen LogP contribution is -2.36. The molecule has 0 bridgehead atoms. The molecule has 1 aliphatic rings. The Kier molecular flexibility index (Phi) is 3.98. The van der Waals surface area contributed by atoms with Crippen molar-refractivity contribution in [2.75, 3.05) is 11.4 Å². The highest BCUT2D eigenvalue weighted by Gasteiger charge is 2.38. The predicted octanol–water partition coefficient (Wildman–Crippen LogP) is 4.65. The number of amides is 1. The van der Waals surface area contributed by atoms with E-state index in [1.807, 2.05) is 23.1 Å². The van der Waals surface area contributed by atoms with E-state index in [4.69, 9.17) is 0 Å². The van der Waals surface area contributed by atoms with Crippen molar-refractivity contribution in [3.8, 4) is 0 Å². The van der Waals surface area contributed by atoms with Crippen LogP contribution >= 0.6 is 0 Å². The van der Waals surface area contributed by atoms with Crippen LogP contribution in [0.3, 0.4) is 0 Å². The molecule has 1 aromatic carbocycles. The Morgan fingerprint density at radius 2 is 1.86 bits per heavy atom. The Bertz CT molecular complexity index is 608. The van der Waals surface area contributed by atoms with Crippen LogP contribution in [-0.4, -0.2) is 20.5 Å². The molecule has 0 unspecified atom stereocenters. The van der Waals surface area contributed by atoms with Crippen molar-refractivity contribution in [1.29, 1.82) is 0 Å². The molecule has 0 radical (unpaired) electrons. The fourth-order valence-corrected chi connectivity index (χ4v) is 3.77. The van der Waals surface area contributed by atoms with Gasteiger partial charge < -0.3 is 4.90 Å². The van der Waals surface area contributed by atoms with E-state index in [1.54, 1.807) is 6.08 Å². The third kappa shape index (κ3) is 2.75. The Balaban J connectivity index is 2.56. The molecular weight excluding hydrogens is 274 g/mol. The monoisotopic (exact) mass is 299 g/mol. The van der Waals surface area contributed by atoms with Gasteiger partial charge in [0.15, 0.2) is 0 Å². The Morgan fingerprint density at radius 3 is 2.43 bits per heavy atom. The minimum Gasteiger partial charge on any atom is -0.304 e. The number of benzene rings is 1. The smallest absolute Gasteiger partial charge is 0.258 e. The van der Waals surface area contributed by atoms with Gasteiger partial charge in [-0.15, -0.1) is 6.58 Å². The van der Waals surface area contributed by atoms with E-state index in [2.05, 4.69) is 52.2 Å². The average Bonchev–Trinajstić information content (AvgIpc) is 2.64. The van der Waals surface area contributed by atoms with E-state index in [1.165, 1.54) is 0 Å². The summed E-state index contributed by atoms with van der Waals surface area (Å²) in [6, 6.07) is 8.05. The molecule has 0 fully saturated rings. The van der Waals surface area contributed by atoms with Crippen LogP contribution in [-0.2, 0) is 4.79 Å². The number of anilines is 1. The molecule has 112 valence electrons. The molecule has 1 aromatic rings. The van der Waals surface area contributed by atoms with Gasteiger partial charge in [-0.25, -0.2) is 0 Å². The van der Waals surface area contributed by atoms with Crippen LogP contribution < -0.4 is 4.90 Å². The van der Waals surface area contributed by atoms with Gasteiger partial charge in [0, 0.05) is 17.7 Å². The summed E-state index contributed by atoms with van der Waals surface area (Å²) in [6.07, 6.45) is 1.78. The number of para-hydroxylation sites is 1. The van der Waals surface area contributed by atoms with Gasteiger partial charge in [0.25, 0.3) is 5.91 Å². The van der Waals surface area contributed by atoms with Crippen molar-refractivity contribution in [3.63, 3.8) is 0 Å². The van der Waals surface area contributed by atoms with Crippen LogP contribution in [0.2, 0.25) is 18.1 Å². The van der Waals surface area contributed by atoms with Gasteiger partial charge in [-0.1, -0.05) is 63.8 Å². The molecule has 2 rings (SSSR count). The standard InChI is InChI=1S/C18H25NOSi/c1-7-12-19-16-11-9-8-10-14(16)15(17(19)20)13-21(5,6)18(2,3)4/h7-11,13H,1,12H2,2-6H3/b15-13+. The first-order valence-corrected chi connectivity index (χ1v) is 10.5. The first-order valence-electron chi connectivity index (χ1n) is 7.44. The highest BCUT2D eigenvalue weighted by Crippen LogP contribution is 2.42. The van der Waals surface area contributed by atoms with Crippen LogP contribution in [0.4, 0.5) is 5.69 Å². The number of carbonyl (C=O) groups is 1. The SMILES string of the molecule is C=CCN1C(=O)/C(=C/[Si](C)(C)C(C)(C)C)c2ccccc21. The number of nitrogens with zero attached hydrogens (tertiary/aromatic N) is 1. The maximum absolute atomic E-state index is 12.8. The third-order valence-corrected chi connectivity index (χ3v) is 9.59. The fourth-order valence-electron chi connectivity index (χ4n) is 2.33. The molecule has 1 aliphatic heterocycles. The lowest BCUT2D eigenvalue weighted by Gasteiger charge is -2.34. The van der Waals surface area contributed by atoms with Crippen LogP contribution in [0.5, 0.6) is 0 Å². The lowest BCUT2D eigenvalue weighted by atomic mass is 10.1. The maximum Gasteiger partial charge on any atom is 0.258 e. The summed E-state index contributed by atoms with van der Waals surface area (Å²) in [7, 11) is -1.67. The summed E-state index contributed by atoms with van der Waals surface area (Å²) >= 11 is 0. The second kappa shape index (κ2) is 5.30. The zero-order valence-electron chi connectivity index (χ0n) is 13.7. The summed E-state index contributed by atoms with van der Waals surface area (Å²) < 4.78 is 0. The van der Waals surface area contributed by atoms with Crippen molar-refractivity contribution >= 4 is 25.2 Å². The zero-order chi connectivity index (χ0) is 15.8. The van der Waals surface area contributed by atoms with Gasteiger partial charge in [0.05, 0.1) is 13.8 Å². The largest absolute Gasteiger partial charge is 0.304 e. The Hall–Kier alpha value is -1.61. The van der Waals surface area contributed by atoms with Crippen molar-refractivity contribution in [3.05, 3.63) is 48.2 Å². The minimum atomic E-state index is -1.67. The molecule has 0 atom stereocenters. The van der Waals surface area contributed by atoms with E-state index in [0.717, 1.165) is 16.8 Å². The molecule has 0 saturated heterocycles. The number of fused-ring (bicyclic) bond motifs is 1. The molecule has 21 heavy (non-hydrogen) atoms. The van der Waals surface area contributed by atoms with Gasteiger partial charge in [0.2, 0.25) is 0 Å². The summed E-state index contributed by atoms with van der Waals surface area (Å²) in [5.41, 5.74) is 5.22.